The average molecular weight is 198 g/mol. The van der Waals surface area contributed by atoms with Gasteiger partial charge in [0, 0.05) is 11.6 Å². The van der Waals surface area contributed by atoms with Crippen molar-refractivity contribution in [2.24, 2.45) is 5.73 Å². The van der Waals surface area contributed by atoms with Crippen LogP contribution in [0, 0.1) is 0 Å². The summed E-state index contributed by atoms with van der Waals surface area (Å²) >= 11 is 5.82. The Morgan fingerprint density at radius 3 is 2.85 bits per heavy atom. The first-order chi connectivity index (χ1) is 6.27. The average Bonchev–Trinajstić information content (AvgIpc) is 2.14. The fraction of sp³-hybridized carbons (Fsp3) is 0.200. The van der Waals surface area contributed by atoms with Crippen LogP contribution in [0.5, 0.6) is 0 Å². The van der Waals surface area contributed by atoms with Crippen molar-refractivity contribution in [1.29, 1.82) is 0 Å². The van der Waals surface area contributed by atoms with Crippen LogP contribution in [-0.2, 0) is 0 Å². The Balaban J connectivity index is 2.98. The minimum Gasteiger partial charge on any atom is -0.392 e. The van der Waals surface area contributed by atoms with Gasteiger partial charge in [-0.1, -0.05) is 29.8 Å². The minimum absolute atomic E-state index is 0.000946. The van der Waals surface area contributed by atoms with E-state index in [1.807, 2.05) is 18.2 Å². The van der Waals surface area contributed by atoms with Crippen molar-refractivity contribution >= 4 is 17.2 Å². The molecule has 0 aliphatic carbocycles. The lowest BCUT2D eigenvalue weighted by Crippen LogP contribution is -2.03. The molecule has 0 radical (unpaired) electrons. The molecule has 1 aromatic rings. The molecule has 0 amide bonds. The molecule has 70 valence electrons. The lowest BCUT2D eigenvalue weighted by atomic mass is 10.1. The van der Waals surface area contributed by atoms with E-state index in [2.05, 4.69) is 0 Å². The number of hydrogen-bond acceptors (Lipinski definition) is 2. The van der Waals surface area contributed by atoms with Crippen LogP contribution in [0.2, 0.25) is 5.02 Å². The fourth-order valence-corrected chi connectivity index (χ4v) is 1.31. The Kier molecular flexibility index (Phi) is 3.96. The van der Waals surface area contributed by atoms with Crippen molar-refractivity contribution in [1.82, 2.24) is 0 Å². The monoisotopic (exact) mass is 197 g/mol. The number of hydrogen-bond donors (Lipinski definition) is 2. The summed E-state index contributed by atoms with van der Waals surface area (Å²) in [6.07, 6.45) is 1.69. The van der Waals surface area contributed by atoms with E-state index in [0.717, 1.165) is 11.1 Å². The Morgan fingerprint density at radius 1 is 1.54 bits per heavy atom. The number of aliphatic hydroxyl groups is 1. The zero-order valence-corrected chi connectivity index (χ0v) is 7.96. The van der Waals surface area contributed by atoms with Gasteiger partial charge in [-0.25, -0.2) is 0 Å². The first-order valence-electron chi connectivity index (χ1n) is 4.04. The van der Waals surface area contributed by atoms with Gasteiger partial charge in [-0.15, -0.1) is 0 Å². The van der Waals surface area contributed by atoms with Gasteiger partial charge in [-0.05, 0) is 23.3 Å². The first-order valence-corrected chi connectivity index (χ1v) is 4.41. The van der Waals surface area contributed by atoms with E-state index in [0.29, 0.717) is 11.6 Å². The molecule has 1 aromatic carbocycles. The van der Waals surface area contributed by atoms with E-state index in [1.54, 1.807) is 12.1 Å². The molecule has 0 saturated heterocycles. The highest BCUT2D eigenvalue weighted by molar-refractivity contribution is 6.30. The van der Waals surface area contributed by atoms with E-state index in [9.17, 15) is 0 Å². The maximum Gasteiger partial charge on any atom is 0.0618 e. The summed E-state index contributed by atoms with van der Waals surface area (Å²) in [6.45, 7) is 0.403. The van der Waals surface area contributed by atoms with Gasteiger partial charge in [0.1, 0.15) is 0 Å². The molecule has 0 heterocycles. The van der Waals surface area contributed by atoms with Crippen LogP contribution in [0.25, 0.3) is 5.57 Å². The van der Waals surface area contributed by atoms with Gasteiger partial charge in [-0.2, -0.15) is 0 Å². The van der Waals surface area contributed by atoms with Crippen LogP contribution in [0.15, 0.2) is 30.3 Å². The molecule has 3 heteroatoms. The normalized spacial score (nSPS) is 11.8. The molecule has 0 spiro atoms. The van der Waals surface area contributed by atoms with Gasteiger partial charge in [0.25, 0.3) is 0 Å². The van der Waals surface area contributed by atoms with E-state index in [1.165, 1.54) is 0 Å². The van der Waals surface area contributed by atoms with Gasteiger partial charge in [0.2, 0.25) is 0 Å². The molecule has 0 fully saturated rings. The highest BCUT2D eigenvalue weighted by atomic mass is 35.5. The summed E-state index contributed by atoms with van der Waals surface area (Å²) in [5.41, 5.74) is 7.39. The van der Waals surface area contributed by atoms with Gasteiger partial charge in [0.05, 0.1) is 6.61 Å². The molecule has 0 aliphatic heterocycles. The second kappa shape index (κ2) is 5.02. The van der Waals surface area contributed by atoms with E-state index < -0.39 is 0 Å². The zero-order chi connectivity index (χ0) is 9.68. The summed E-state index contributed by atoms with van der Waals surface area (Å²) in [4.78, 5) is 0. The largest absolute Gasteiger partial charge is 0.392 e. The molecule has 2 nitrogen and oxygen atoms in total. The molecule has 0 bridgehead atoms. The van der Waals surface area contributed by atoms with Crippen LogP contribution in [0.3, 0.4) is 0 Å². The molecule has 0 aliphatic rings. The molecule has 1 rings (SSSR count). The van der Waals surface area contributed by atoms with Crippen LogP contribution < -0.4 is 5.73 Å². The quantitative estimate of drug-likeness (QED) is 0.775. The number of nitrogens with two attached hydrogens (primary N) is 1. The van der Waals surface area contributed by atoms with Crippen LogP contribution in [0.1, 0.15) is 5.56 Å². The Hall–Kier alpha value is -0.830. The summed E-state index contributed by atoms with van der Waals surface area (Å²) in [7, 11) is 0. The van der Waals surface area contributed by atoms with Gasteiger partial charge in [-0.3, -0.25) is 0 Å². The standard InChI is InChI=1S/C10H12ClNO/c11-10-3-1-2-8(6-10)9(7-12)4-5-13/h1-4,6,13H,5,7,12H2/b9-4-. The van der Waals surface area contributed by atoms with Gasteiger partial charge >= 0.3 is 0 Å². The molecule has 0 aromatic heterocycles. The second-order valence-electron chi connectivity index (χ2n) is 2.63. The number of rotatable bonds is 3. The first kappa shape index (κ1) is 10.3. The van der Waals surface area contributed by atoms with Gasteiger partial charge in [0.15, 0.2) is 0 Å². The van der Waals surface area contributed by atoms with Gasteiger partial charge < -0.3 is 10.8 Å². The number of aliphatic hydroxyl groups excluding tert-OH is 1. The Bertz CT molecular complexity index is 310. The lowest BCUT2D eigenvalue weighted by molar-refractivity contribution is 0.343. The summed E-state index contributed by atoms with van der Waals surface area (Å²) in [6, 6.07) is 7.41. The molecular weight excluding hydrogens is 186 g/mol. The summed E-state index contributed by atoms with van der Waals surface area (Å²) in [5, 5.41) is 9.41. The minimum atomic E-state index is -0.000946. The number of benzene rings is 1. The third-order valence-corrected chi connectivity index (χ3v) is 1.99. The van der Waals surface area contributed by atoms with E-state index in [-0.39, 0.29) is 6.61 Å². The predicted molar refractivity (Wildman–Crippen MR) is 55.6 cm³/mol. The Labute approximate surface area is 82.6 Å². The van der Waals surface area contributed by atoms with Crippen LogP contribution in [-0.4, -0.2) is 18.3 Å². The van der Waals surface area contributed by atoms with Crippen molar-refractivity contribution < 1.29 is 5.11 Å². The predicted octanol–water partition coefficient (Wildman–Crippen LogP) is 1.67. The zero-order valence-electron chi connectivity index (χ0n) is 7.20. The molecule has 0 unspecified atom stereocenters. The van der Waals surface area contributed by atoms with Crippen LogP contribution >= 0.6 is 11.6 Å². The SMILES string of the molecule is NC/C(=C/CO)c1cccc(Cl)c1. The second-order valence-corrected chi connectivity index (χ2v) is 3.06. The summed E-state index contributed by atoms with van der Waals surface area (Å²) < 4.78 is 0. The maximum atomic E-state index is 8.73. The number of halogens is 1. The van der Waals surface area contributed by atoms with E-state index in [4.69, 9.17) is 22.4 Å². The fourth-order valence-electron chi connectivity index (χ4n) is 1.12. The molecule has 0 saturated carbocycles. The molecule has 0 atom stereocenters. The van der Waals surface area contributed by atoms with Crippen molar-refractivity contribution in [3.05, 3.63) is 40.9 Å². The molecular formula is C10H12ClNO. The third-order valence-electron chi connectivity index (χ3n) is 1.75. The van der Waals surface area contributed by atoms with Crippen molar-refractivity contribution in [3.8, 4) is 0 Å². The highest BCUT2D eigenvalue weighted by Crippen LogP contribution is 2.17. The van der Waals surface area contributed by atoms with Crippen molar-refractivity contribution in [3.63, 3.8) is 0 Å². The smallest absolute Gasteiger partial charge is 0.0618 e. The van der Waals surface area contributed by atoms with Crippen molar-refractivity contribution in [2.75, 3.05) is 13.2 Å². The highest BCUT2D eigenvalue weighted by Gasteiger charge is 1.98. The molecule has 3 N–H and O–H groups in total. The maximum absolute atomic E-state index is 8.73. The summed E-state index contributed by atoms with van der Waals surface area (Å²) in [5.74, 6) is 0. The Morgan fingerprint density at radius 2 is 2.31 bits per heavy atom. The van der Waals surface area contributed by atoms with E-state index >= 15 is 0 Å². The lowest BCUT2D eigenvalue weighted by Gasteiger charge is -2.04. The van der Waals surface area contributed by atoms with Crippen molar-refractivity contribution in [2.45, 2.75) is 0 Å². The topological polar surface area (TPSA) is 46.2 Å². The third kappa shape index (κ3) is 2.84. The molecule has 13 heavy (non-hydrogen) atoms. The van der Waals surface area contributed by atoms with Crippen LogP contribution in [0.4, 0.5) is 0 Å².